The van der Waals surface area contributed by atoms with Gasteiger partial charge < -0.3 is 14.8 Å². The van der Waals surface area contributed by atoms with Crippen LogP contribution in [0.15, 0.2) is 64.1 Å². The van der Waals surface area contributed by atoms with Crippen molar-refractivity contribution in [3.05, 3.63) is 77.4 Å². The number of rotatable bonds is 6. The molecule has 3 heterocycles. The van der Waals surface area contributed by atoms with E-state index >= 15 is 0 Å². The van der Waals surface area contributed by atoms with Crippen molar-refractivity contribution in [1.29, 1.82) is 0 Å². The molecule has 0 spiro atoms. The van der Waals surface area contributed by atoms with Gasteiger partial charge in [-0.05, 0) is 49.8 Å². The minimum absolute atomic E-state index is 0.0380. The molecule has 2 N–H and O–H groups in total. The molecule has 0 bridgehead atoms. The normalized spacial score (nSPS) is 21.5. The van der Waals surface area contributed by atoms with Crippen LogP contribution in [-0.2, 0) is 10.5 Å². The second kappa shape index (κ2) is 11.5. The van der Waals surface area contributed by atoms with Crippen molar-refractivity contribution in [2.75, 3.05) is 6.54 Å². The summed E-state index contributed by atoms with van der Waals surface area (Å²) in [6.07, 6.45) is 1.74. The van der Waals surface area contributed by atoms with Crippen molar-refractivity contribution in [2.45, 2.75) is 72.0 Å². The van der Waals surface area contributed by atoms with Gasteiger partial charge in [0.1, 0.15) is 23.3 Å². The first-order valence-corrected chi connectivity index (χ1v) is 13.5. The van der Waals surface area contributed by atoms with Gasteiger partial charge in [0, 0.05) is 18.2 Å². The van der Waals surface area contributed by atoms with Gasteiger partial charge in [-0.1, -0.05) is 75.3 Å². The first-order valence-electron chi connectivity index (χ1n) is 13.5. The molecule has 3 aromatic rings. The smallest absolute Gasteiger partial charge is 0.234 e. The third kappa shape index (κ3) is 5.36. The lowest BCUT2D eigenvalue weighted by atomic mass is 9.91. The van der Waals surface area contributed by atoms with Crippen LogP contribution < -0.4 is 10.9 Å². The molecule has 0 radical (unpaired) electrons. The SMILES string of the molecule is CC.Cc1cc(C(C(=O)N2CCCC2C2=NC(C)(c3ccc(-c4ccccc4F)cc3)NN2)C(C)C)on1. The molecule has 0 aliphatic carbocycles. The third-order valence-corrected chi connectivity index (χ3v) is 7.15. The second-order valence-electron chi connectivity index (χ2n) is 10.2. The summed E-state index contributed by atoms with van der Waals surface area (Å²) in [6, 6.07) is 16.2. The zero-order chi connectivity index (χ0) is 27.4. The summed E-state index contributed by atoms with van der Waals surface area (Å²) in [4.78, 5) is 20.6. The molecule has 0 saturated carbocycles. The zero-order valence-electron chi connectivity index (χ0n) is 23.1. The molecule has 2 aliphatic rings. The highest BCUT2D eigenvalue weighted by molar-refractivity contribution is 5.94. The number of nitrogens with one attached hydrogen (secondary N) is 2. The summed E-state index contributed by atoms with van der Waals surface area (Å²) in [6.45, 7) is 12.6. The van der Waals surface area contributed by atoms with Crippen molar-refractivity contribution >= 4 is 11.7 Å². The second-order valence-corrected chi connectivity index (χ2v) is 10.2. The number of nitrogens with zero attached hydrogens (tertiary/aromatic N) is 3. The number of hydrogen-bond acceptors (Lipinski definition) is 6. The van der Waals surface area contributed by atoms with Crippen molar-refractivity contribution in [2.24, 2.45) is 10.9 Å². The Kier molecular flexibility index (Phi) is 8.31. The average Bonchev–Trinajstić information content (AvgIpc) is 3.66. The van der Waals surface area contributed by atoms with E-state index in [0.29, 0.717) is 17.9 Å². The monoisotopic (exact) mass is 519 g/mol. The lowest BCUT2D eigenvalue weighted by Crippen LogP contribution is -2.49. The number of hydrogen-bond donors (Lipinski definition) is 2. The molecule has 1 amide bonds. The van der Waals surface area contributed by atoms with Crippen LogP contribution in [0.3, 0.4) is 0 Å². The number of aromatic nitrogens is 1. The molecule has 202 valence electrons. The molecule has 5 rings (SSSR count). The van der Waals surface area contributed by atoms with E-state index in [0.717, 1.165) is 35.5 Å². The predicted octanol–water partition coefficient (Wildman–Crippen LogP) is 5.93. The lowest BCUT2D eigenvalue weighted by molar-refractivity contribution is -0.134. The quantitative estimate of drug-likeness (QED) is 0.422. The van der Waals surface area contributed by atoms with E-state index in [2.05, 4.69) is 16.0 Å². The number of hydrazine groups is 1. The molecule has 1 saturated heterocycles. The molecular formula is C30H38FN5O2. The first-order chi connectivity index (χ1) is 18.3. The summed E-state index contributed by atoms with van der Waals surface area (Å²) in [7, 11) is 0. The van der Waals surface area contributed by atoms with Crippen LogP contribution in [0.25, 0.3) is 11.1 Å². The largest absolute Gasteiger partial charge is 0.360 e. The molecule has 3 atom stereocenters. The van der Waals surface area contributed by atoms with Gasteiger partial charge in [-0.15, -0.1) is 0 Å². The Morgan fingerprint density at radius 1 is 1.16 bits per heavy atom. The van der Waals surface area contributed by atoms with Crippen molar-refractivity contribution < 1.29 is 13.7 Å². The maximum atomic E-state index is 14.2. The summed E-state index contributed by atoms with van der Waals surface area (Å²) in [5, 5.41) is 4.00. The van der Waals surface area contributed by atoms with Gasteiger partial charge in [0.2, 0.25) is 5.91 Å². The van der Waals surface area contributed by atoms with Crippen LogP contribution in [-0.4, -0.2) is 34.4 Å². The van der Waals surface area contributed by atoms with Gasteiger partial charge in [0.15, 0.2) is 5.66 Å². The number of amidine groups is 1. The topological polar surface area (TPSA) is 82.8 Å². The highest BCUT2D eigenvalue weighted by Crippen LogP contribution is 2.34. The van der Waals surface area contributed by atoms with Crippen LogP contribution in [0.5, 0.6) is 0 Å². The van der Waals surface area contributed by atoms with E-state index in [1.165, 1.54) is 6.07 Å². The van der Waals surface area contributed by atoms with E-state index in [1.54, 1.807) is 12.1 Å². The minimum Gasteiger partial charge on any atom is -0.360 e. The van der Waals surface area contributed by atoms with Crippen molar-refractivity contribution in [3.8, 4) is 11.1 Å². The van der Waals surface area contributed by atoms with Gasteiger partial charge in [-0.2, -0.15) is 0 Å². The molecule has 8 heteroatoms. The molecule has 3 unspecified atom stereocenters. The van der Waals surface area contributed by atoms with Gasteiger partial charge >= 0.3 is 0 Å². The van der Waals surface area contributed by atoms with Crippen molar-refractivity contribution in [3.63, 3.8) is 0 Å². The van der Waals surface area contributed by atoms with E-state index in [1.807, 2.05) is 82.8 Å². The van der Waals surface area contributed by atoms with Gasteiger partial charge in [0.05, 0.1) is 11.7 Å². The Balaban J connectivity index is 0.00000164. The van der Waals surface area contributed by atoms with Crippen LogP contribution >= 0.6 is 0 Å². The third-order valence-electron chi connectivity index (χ3n) is 7.15. The fourth-order valence-corrected chi connectivity index (χ4v) is 5.21. The Morgan fingerprint density at radius 3 is 2.50 bits per heavy atom. The van der Waals surface area contributed by atoms with Crippen LogP contribution in [0.2, 0.25) is 0 Å². The zero-order valence-corrected chi connectivity index (χ0v) is 23.1. The standard InChI is InChI=1S/C28H32FN5O2.C2H6/c1-17(2)25(24-16-18(3)32-36-24)27(35)34-15-7-10-23(34)26-30-28(4,33-31-26)20-13-11-19(12-14-20)21-8-5-6-9-22(21)29;1-2/h5-6,8-9,11-14,16-17,23,25,33H,7,10,15H2,1-4H3,(H,30,31);1-2H3. The van der Waals surface area contributed by atoms with E-state index in [4.69, 9.17) is 9.52 Å². The Bertz CT molecular complexity index is 1290. The summed E-state index contributed by atoms with van der Waals surface area (Å²) < 4.78 is 19.7. The average molecular weight is 520 g/mol. The minimum atomic E-state index is -0.708. The number of carbonyl (C=O) groups excluding carboxylic acids is 1. The van der Waals surface area contributed by atoms with E-state index in [-0.39, 0.29) is 29.6 Å². The Morgan fingerprint density at radius 2 is 1.87 bits per heavy atom. The van der Waals surface area contributed by atoms with E-state index in [9.17, 15) is 9.18 Å². The van der Waals surface area contributed by atoms with E-state index < -0.39 is 5.66 Å². The van der Waals surface area contributed by atoms with Crippen LogP contribution in [0, 0.1) is 18.7 Å². The Hall–Kier alpha value is -3.52. The molecule has 1 aromatic heterocycles. The number of carbonyl (C=O) groups is 1. The molecule has 38 heavy (non-hydrogen) atoms. The maximum absolute atomic E-state index is 14.2. The summed E-state index contributed by atoms with van der Waals surface area (Å²) in [5.41, 5.74) is 8.93. The number of amides is 1. The highest BCUT2D eigenvalue weighted by Gasteiger charge is 2.42. The molecule has 1 fully saturated rings. The molecule has 7 nitrogen and oxygen atoms in total. The molecule has 2 aliphatic heterocycles. The Labute approximate surface area is 224 Å². The van der Waals surface area contributed by atoms with Crippen LogP contribution in [0.1, 0.15) is 70.4 Å². The summed E-state index contributed by atoms with van der Waals surface area (Å²) in [5.74, 6) is 0.828. The number of likely N-dealkylation sites (tertiary alicyclic amines) is 1. The predicted molar refractivity (Wildman–Crippen MR) is 148 cm³/mol. The molecular weight excluding hydrogens is 481 g/mol. The number of halogens is 1. The fraction of sp³-hybridized carbons (Fsp3) is 0.433. The van der Waals surface area contributed by atoms with Gasteiger partial charge in [-0.3, -0.25) is 4.79 Å². The first kappa shape index (κ1) is 27.5. The number of benzene rings is 2. The van der Waals surface area contributed by atoms with Crippen molar-refractivity contribution in [1.82, 2.24) is 20.9 Å². The van der Waals surface area contributed by atoms with Gasteiger partial charge in [-0.25, -0.2) is 14.8 Å². The fourth-order valence-electron chi connectivity index (χ4n) is 5.21. The highest BCUT2D eigenvalue weighted by atomic mass is 19.1. The van der Waals surface area contributed by atoms with Gasteiger partial charge in [0.25, 0.3) is 0 Å². The summed E-state index contributed by atoms with van der Waals surface area (Å²) >= 11 is 0. The van der Waals surface area contributed by atoms with Crippen LogP contribution in [0.4, 0.5) is 4.39 Å². The number of aryl methyl sites for hydroxylation is 1. The molecule has 2 aromatic carbocycles. The number of aliphatic imine (C=N–C) groups is 1. The lowest BCUT2D eigenvalue weighted by Gasteiger charge is -2.29. The maximum Gasteiger partial charge on any atom is 0.234 e.